The SMILES string of the molecule is CCc1ccc(OCc2c(Cl)c(C)nn2C)cc1. The van der Waals surface area contributed by atoms with Crippen molar-refractivity contribution in [3.05, 3.63) is 46.2 Å². The smallest absolute Gasteiger partial charge is 0.131 e. The minimum atomic E-state index is 0.432. The van der Waals surface area contributed by atoms with Crippen LogP contribution >= 0.6 is 11.6 Å². The lowest BCUT2D eigenvalue weighted by Crippen LogP contribution is -2.03. The molecule has 4 heteroatoms. The van der Waals surface area contributed by atoms with Gasteiger partial charge < -0.3 is 4.74 Å². The molecule has 0 unspecified atom stereocenters. The summed E-state index contributed by atoms with van der Waals surface area (Å²) in [5.74, 6) is 0.849. The van der Waals surface area contributed by atoms with E-state index in [4.69, 9.17) is 16.3 Å². The molecule has 0 radical (unpaired) electrons. The molecule has 0 amide bonds. The fourth-order valence-corrected chi connectivity index (χ4v) is 2.02. The van der Waals surface area contributed by atoms with Gasteiger partial charge in [-0.25, -0.2) is 0 Å². The van der Waals surface area contributed by atoms with E-state index in [1.54, 1.807) is 4.68 Å². The molecular weight excluding hydrogens is 248 g/mol. The van der Waals surface area contributed by atoms with E-state index in [0.29, 0.717) is 11.6 Å². The Morgan fingerprint density at radius 1 is 1.28 bits per heavy atom. The summed E-state index contributed by atoms with van der Waals surface area (Å²) in [4.78, 5) is 0. The Morgan fingerprint density at radius 3 is 2.44 bits per heavy atom. The van der Waals surface area contributed by atoms with E-state index in [2.05, 4.69) is 24.2 Å². The summed E-state index contributed by atoms with van der Waals surface area (Å²) in [7, 11) is 1.87. The highest BCUT2D eigenvalue weighted by molar-refractivity contribution is 6.31. The van der Waals surface area contributed by atoms with Gasteiger partial charge in [-0.1, -0.05) is 30.7 Å². The van der Waals surface area contributed by atoms with Gasteiger partial charge in [0.1, 0.15) is 12.4 Å². The number of aryl methyl sites for hydroxylation is 3. The van der Waals surface area contributed by atoms with Crippen molar-refractivity contribution in [1.82, 2.24) is 9.78 Å². The largest absolute Gasteiger partial charge is 0.487 e. The molecule has 1 aromatic heterocycles. The Labute approximate surface area is 112 Å². The molecule has 0 spiro atoms. The van der Waals surface area contributed by atoms with Crippen LogP contribution < -0.4 is 4.74 Å². The molecule has 0 bridgehead atoms. The fraction of sp³-hybridized carbons (Fsp3) is 0.357. The average Bonchev–Trinajstić information content (AvgIpc) is 2.62. The summed E-state index contributed by atoms with van der Waals surface area (Å²) in [5, 5.41) is 4.94. The van der Waals surface area contributed by atoms with E-state index < -0.39 is 0 Å². The van der Waals surface area contributed by atoms with Crippen molar-refractivity contribution in [1.29, 1.82) is 0 Å². The zero-order chi connectivity index (χ0) is 13.1. The first kappa shape index (κ1) is 13.0. The molecule has 0 fully saturated rings. The normalized spacial score (nSPS) is 10.7. The van der Waals surface area contributed by atoms with E-state index in [1.165, 1.54) is 5.56 Å². The quantitative estimate of drug-likeness (QED) is 0.845. The fourth-order valence-electron chi connectivity index (χ4n) is 1.81. The first-order valence-corrected chi connectivity index (χ1v) is 6.39. The third kappa shape index (κ3) is 2.67. The third-order valence-electron chi connectivity index (χ3n) is 2.97. The molecule has 0 aliphatic heterocycles. The molecule has 0 atom stereocenters. The lowest BCUT2D eigenvalue weighted by atomic mass is 10.2. The molecule has 96 valence electrons. The molecule has 2 rings (SSSR count). The molecule has 18 heavy (non-hydrogen) atoms. The number of aromatic nitrogens is 2. The van der Waals surface area contributed by atoms with Gasteiger partial charge in [0.2, 0.25) is 0 Å². The van der Waals surface area contributed by atoms with E-state index in [1.807, 2.05) is 26.1 Å². The van der Waals surface area contributed by atoms with Gasteiger partial charge in [-0.05, 0) is 31.0 Å². The van der Waals surface area contributed by atoms with Crippen LogP contribution in [0.1, 0.15) is 23.9 Å². The van der Waals surface area contributed by atoms with Crippen molar-refractivity contribution in [2.45, 2.75) is 26.9 Å². The van der Waals surface area contributed by atoms with Crippen LogP contribution in [0.2, 0.25) is 5.02 Å². The van der Waals surface area contributed by atoms with Gasteiger partial charge >= 0.3 is 0 Å². The minimum absolute atomic E-state index is 0.432. The highest BCUT2D eigenvalue weighted by Crippen LogP contribution is 2.21. The summed E-state index contributed by atoms with van der Waals surface area (Å²) in [6.07, 6.45) is 1.03. The Morgan fingerprint density at radius 2 is 1.94 bits per heavy atom. The van der Waals surface area contributed by atoms with Crippen LogP contribution in [-0.2, 0) is 20.1 Å². The van der Waals surface area contributed by atoms with Crippen molar-refractivity contribution in [3.63, 3.8) is 0 Å². The Bertz CT molecular complexity index is 531. The highest BCUT2D eigenvalue weighted by atomic mass is 35.5. The number of nitrogens with zero attached hydrogens (tertiary/aromatic N) is 2. The highest BCUT2D eigenvalue weighted by Gasteiger charge is 2.11. The molecule has 1 aromatic carbocycles. The number of rotatable bonds is 4. The topological polar surface area (TPSA) is 27.1 Å². The summed E-state index contributed by atoms with van der Waals surface area (Å²) in [6, 6.07) is 8.11. The van der Waals surface area contributed by atoms with Crippen molar-refractivity contribution in [2.75, 3.05) is 0 Å². The zero-order valence-electron chi connectivity index (χ0n) is 10.9. The van der Waals surface area contributed by atoms with Crippen LogP contribution in [0.15, 0.2) is 24.3 Å². The van der Waals surface area contributed by atoms with Crippen molar-refractivity contribution >= 4 is 11.6 Å². The number of benzene rings is 1. The lowest BCUT2D eigenvalue weighted by Gasteiger charge is -2.07. The van der Waals surface area contributed by atoms with Crippen LogP contribution in [-0.4, -0.2) is 9.78 Å². The van der Waals surface area contributed by atoms with E-state index >= 15 is 0 Å². The summed E-state index contributed by atoms with van der Waals surface area (Å²) in [6.45, 7) is 4.46. The van der Waals surface area contributed by atoms with Gasteiger partial charge in [0, 0.05) is 7.05 Å². The monoisotopic (exact) mass is 264 g/mol. The number of ether oxygens (including phenoxy) is 1. The molecule has 0 saturated heterocycles. The van der Waals surface area contributed by atoms with Gasteiger partial charge in [0.25, 0.3) is 0 Å². The first-order chi connectivity index (χ1) is 8.61. The van der Waals surface area contributed by atoms with Crippen LogP contribution in [0.25, 0.3) is 0 Å². The number of hydrogen-bond donors (Lipinski definition) is 0. The predicted octanol–water partition coefficient (Wildman–Crippen LogP) is 3.52. The molecule has 0 saturated carbocycles. The van der Waals surface area contributed by atoms with Crippen molar-refractivity contribution < 1.29 is 4.74 Å². The van der Waals surface area contributed by atoms with Gasteiger partial charge in [-0.2, -0.15) is 5.10 Å². The zero-order valence-corrected chi connectivity index (χ0v) is 11.7. The number of hydrogen-bond acceptors (Lipinski definition) is 2. The lowest BCUT2D eigenvalue weighted by molar-refractivity contribution is 0.295. The molecule has 3 nitrogen and oxygen atoms in total. The van der Waals surface area contributed by atoms with Gasteiger partial charge in [0.05, 0.1) is 16.4 Å². The molecular formula is C14H17ClN2O. The van der Waals surface area contributed by atoms with Crippen LogP contribution in [0, 0.1) is 6.92 Å². The Kier molecular flexibility index (Phi) is 3.92. The second kappa shape index (κ2) is 5.44. The minimum Gasteiger partial charge on any atom is -0.487 e. The maximum absolute atomic E-state index is 6.16. The summed E-state index contributed by atoms with van der Waals surface area (Å²) < 4.78 is 7.48. The van der Waals surface area contributed by atoms with Crippen LogP contribution in [0.5, 0.6) is 5.75 Å². The molecule has 0 aliphatic rings. The van der Waals surface area contributed by atoms with Gasteiger partial charge in [0.15, 0.2) is 0 Å². The maximum atomic E-state index is 6.16. The molecule has 1 heterocycles. The maximum Gasteiger partial charge on any atom is 0.131 e. The Balaban J connectivity index is 2.06. The van der Waals surface area contributed by atoms with E-state index in [-0.39, 0.29) is 0 Å². The van der Waals surface area contributed by atoms with Gasteiger partial charge in [-0.3, -0.25) is 4.68 Å². The van der Waals surface area contributed by atoms with E-state index in [9.17, 15) is 0 Å². The van der Waals surface area contributed by atoms with Crippen molar-refractivity contribution in [2.24, 2.45) is 7.05 Å². The second-order valence-electron chi connectivity index (χ2n) is 4.26. The average molecular weight is 265 g/mol. The predicted molar refractivity (Wildman–Crippen MR) is 73.1 cm³/mol. The van der Waals surface area contributed by atoms with Gasteiger partial charge in [-0.15, -0.1) is 0 Å². The second-order valence-corrected chi connectivity index (χ2v) is 4.63. The number of halogens is 1. The first-order valence-electron chi connectivity index (χ1n) is 6.01. The standard InChI is InChI=1S/C14H17ClN2O/c1-4-11-5-7-12(8-6-11)18-9-13-14(15)10(2)16-17(13)3/h5-8H,4,9H2,1-3H3. The molecule has 0 aliphatic carbocycles. The summed E-state index contributed by atoms with van der Waals surface area (Å²) >= 11 is 6.16. The molecule has 2 aromatic rings. The van der Waals surface area contributed by atoms with Crippen LogP contribution in [0.4, 0.5) is 0 Å². The Hall–Kier alpha value is -1.48. The molecule has 0 N–H and O–H groups in total. The van der Waals surface area contributed by atoms with Crippen molar-refractivity contribution in [3.8, 4) is 5.75 Å². The summed E-state index contributed by atoms with van der Waals surface area (Å²) in [5.41, 5.74) is 3.03. The van der Waals surface area contributed by atoms with E-state index in [0.717, 1.165) is 23.6 Å². The third-order valence-corrected chi connectivity index (χ3v) is 3.46. The van der Waals surface area contributed by atoms with Crippen LogP contribution in [0.3, 0.4) is 0 Å².